The number of anilines is 1. The number of rotatable bonds is 7. The van der Waals surface area contributed by atoms with Crippen LogP contribution < -0.4 is 20.5 Å². The van der Waals surface area contributed by atoms with Crippen LogP contribution in [-0.4, -0.2) is 51.3 Å². The van der Waals surface area contributed by atoms with E-state index in [4.69, 9.17) is 15.2 Å². The molecule has 0 unspecified atom stereocenters. The molecule has 0 amide bonds. The Morgan fingerprint density at radius 2 is 1.83 bits per heavy atom. The van der Waals surface area contributed by atoms with Crippen molar-refractivity contribution in [3.05, 3.63) is 18.2 Å². The van der Waals surface area contributed by atoms with Crippen molar-refractivity contribution in [1.82, 2.24) is 4.90 Å². The zero-order valence-electron chi connectivity index (χ0n) is 14.9. The Bertz CT molecular complexity index is 526. The predicted octanol–water partition coefficient (Wildman–Crippen LogP) is 2.70. The van der Waals surface area contributed by atoms with Crippen molar-refractivity contribution in [1.29, 1.82) is 0 Å². The number of ether oxygens (including phenoxy) is 2. The van der Waals surface area contributed by atoms with E-state index in [1.807, 2.05) is 18.2 Å². The SMILES string of the molecule is COc1ccc(NC(N)=NCCCN2CCCCCC2)cc1OC. The number of hydrogen-bond donors (Lipinski definition) is 2. The zero-order valence-corrected chi connectivity index (χ0v) is 14.9. The van der Waals surface area contributed by atoms with Gasteiger partial charge in [-0.25, -0.2) is 0 Å². The van der Waals surface area contributed by atoms with Gasteiger partial charge in [0.05, 0.1) is 14.2 Å². The molecule has 1 saturated heterocycles. The predicted molar refractivity (Wildman–Crippen MR) is 99.2 cm³/mol. The maximum atomic E-state index is 5.97. The van der Waals surface area contributed by atoms with Crippen LogP contribution in [0.5, 0.6) is 11.5 Å². The van der Waals surface area contributed by atoms with Crippen molar-refractivity contribution in [2.24, 2.45) is 10.7 Å². The molecule has 0 aromatic heterocycles. The van der Waals surface area contributed by atoms with Crippen molar-refractivity contribution in [3.63, 3.8) is 0 Å². The highest BCUT2D eigenvalue weighted by molar-refractivity contribution is 5.92. The molecule has 0 aliphatic carbocycles. The van der Waals surface area contributed by atoms with Gasteiger partial charge in [-0.1, -0.05) is 12.8 Å². The quantitative estimate of drug-likeness (QED) is 0.456. The summed E-state index contributed by atoms with van der Waals surface area (Å²) in [4.78, 5) is 6.95. The van der Waals surface area contributed by atoms with Crippen LogP contribution in [0.25, 0.3) is 0 Å². The molecule has 0 radical (unpaired) electrons. The molecule has 1 fully saturated rings. The Kier molecular flexibility index (Phi) is 7.68. The first-order valence-electron chi connectivity index (χ1n) is 8.74. The number of benzene rings is 1. The summed E-state index contributed by atoms with van der Waals surface area (Å²) in [6, 6.07) is 5.58. The summed E-state index contributed by atoms with van der Waals surface area (Å²) in [6.07, 6.45) is 6.43. The number of guanidine groups is 1. The summed E-state index contributed by atoms with van der Waals surface area (Å²) in [5.74, 6) is 1.78. The van der Waals surface area contributed by atoms with Gasteiger partial charge in [0.2, 0.25) is 0 Å². The van der Waals surface area contributed by atoms with E-state index in [9.17, 15) is 0 Å². The van der Waals surface area contributed by atoms with E-state index < -0.39 is 0 Å². The number of methoxy groups -OCH3 is 2. The first kappa shape index (κ1) is 18.4. The smallest absolute Gasteiger partial charge is 0.193 e. The van der Waals surface area contributed by atoms with Crippen molar-refractivity contribution in [3.8, 4) is 11.5 Å². The standard InChI is InChI=1S/C18H30N4O2/c1-23-16-9-8-15(14-17(16)24-2)21-18(19)20-10-7-13-22-11-5-3-4-6-12-22/h8-9,14H,3-7,10-13H2,1-2H3,(H3,19,20,21). The maximum Gasteiger partial charge on any atom is 0.193 e. The number of nitrogens with two attached hydrogens (primary N) is 1. The largest absolute Gasteiger partial charge is 0.493 e. The minimum absolute atomic E-state index is 0.429. The van der Waals surface area contributed by atoms with E-state index in [0.29, 0.717) is 17.5 Å². The highest BCUT2D eigenvalue weighted by Gasteiger charge is 2.08. The lowest BCUT2D eigenvalue weighted by Crippen LogP contribution is -2.27. The number of nitrogens with one attached hydrogen (secondary N) is 1. The van der Waals surface area contributed by atoms with Crippen LogP contribution in [0.4, 0.5) is 5.69 Å². The third kappa shape index (κ3) is 5.92. The van der Waals surface area contributed by atoms with E-state index in [0.717, 1.165) is 25.2 Å². The second-order valence-corrected chi connectivity index (χ2v) is 6.07. The minimum atomic E-state index is 0.429. The van der Waals surface area contributed by atoms with Crippen LogP contribution in [0.2, 0.25) is 0 Å². The molecular weight excluding hydrogens is 304 g/mol. The van der Waals surface area contributed by atoms with E-state index in [1.165, 1.54) is 38.8 Å². The highest BCUT2D eigenvalue weighted by atomic mass is 16.5. The summed E-state index contributed by atoms with van der Waals surface area (Å²) < 4.78 is 10.5. The molecule has 0 bridgehead atoms. The first-order chi connectivity index (χ1) is 11.7. The Hall–Kier alpha value is -1.95. The van der Waals surface area contributed by atoms with E-state index in [2.05, 4.69) is 15.2 Å². The van der Waals surface area contributed by atoms with Gasteiger partial charge in [0, 0.05) is 18.3 Å². The average Bonchev–Trinajstić information content (AvgIpc) is 2.87. The monoisotopic (exact) mass is 334 g/mol. The van der Waals surface area contributed by atoms with Crippen LogP contribution in [0.1, 0.15) is 32.1 Å². The third-order valence-electron chi connectivity index (χ3n) is 4.27. The first-order valence-corrected chi connectivity index (χ1v) is 8.74. The van der Waals surface area contributed by atoms with Crippen molar-refractivity contribution in [2.75, 3.05) is 45.7 Å². The van der Waals surface area contributed by atoms with Crippen molar-refractivity contribution < 1.29 is 9.47 Å². The second-order valence-electron chi connectivity index (χ2n) is 6.07. The summed E-state index contributed by atoms with van der Waals surface area (Å²) in [7, 11) is 3.23. The Morgan fingerprint density at radius 3 is 2.50 bits per heavy atom. The summed E-state index contributed by atoms with van der Waals surface area (Å²) >= 11 is 0. The van der Waals surface area contributed by atoms with Gasteiger partial charge in [-0.3, -0.25) is 4.99 Å². The van der Waals surface area contributed by atoms with Crippen LogP contribution in [0, 0.1) is 0 Å². The van der Waals surface area contributed by atoms with Gasteiger partial charge in [-0.2, -0.15) is 0 Å². The summed E-state index contributed by atoms with van der Waals surface area (Å²) in [6.45, 7) is 4.29. The Balaban J connectivity index is 1.77. The topological polar surface area (TPSA) is 72.1 Å². The van der Waals surface area contributed by atoms with Crippen LogP contribution >= 0.6 is 0 Å². The normalized spacial score (nSPS) is 16.5. The molecule has 0 spiro atoms. The lowest BCUT2D eigenvalue weighted by atomic mass is 10.2. The molecule has 24 heavy (non-hydrogen) atoms. The number of hydrogen-bond acceptors (Lipinski definition) is 4. The molecule has 1 aliphatic rings. The van der Waals surface area contributed by atoms with E-state index >= 15 is 0 Å². The lowest BCUT2D eigenvalue weighted by molar-refractivity contribution is 0.283. The number of nitrogens with zero attached hydrogens (tertiary/aromatic N) is 2. The fourth-order valence-electron chi connectivity index (χ4n) is 2.96. The van der Waals surface area contributed by atoms with Crippen LogP contribution in [-0.2, 0) is 0 Å². The zero-order chi connectivity index (χ0) is 17.2. The Morgan fingerprint density at radius 1 is 1.12 bits per heavy atom. The molecule has 1 heterocycles. The fourth-order valence-corrected chi connectivity index (χ4v) is 2.96. The fraction of sp³-hybridized carbons (Fsp3) is 0.611. The molecular formula is C18H30N4O2. The Labute approximate surface area is 145 Å². The highest BCUT2D eigenvalue weighted by Crippen LogP contribution is 2.29. The van der Waals surface area contributed by atoms with Gasteiger partial charge in [0.15, 0.2) is 17.5 Å². The molecule has 1 aromatic carbocycles. The molecule has 6 heteroatoms. The molecule has 3 N–H and O–H groups in total. The van der Waals surface area contributed by atoms with Crippen molar-refractivity contribution in [2.45, 2.75) is 32.1 Å². The number of aliphatic imine (C=N–C) groups is 1. The maximum absolute atomic E-state index is 5.97. The second kappa shape index (κ2) is 10.0. The van der Waals surface area contributed by atoms with Gasteiger partial charge in [0.1, 0.15) is 0 Å². The molecule has 6 nitrogen and oxygen atoms in total. The third-order valence-corrected chi connectivity index (χ3v) is 4.27. The van der Waals surface area contributed by atoms with Crippen LogP contribution in [0.15, 0.2) is 23.2 Å². The lowest BCUT2D eigenvalue weighted by Gasteiger charge is -2.18. The molecule has 134 valence electrons. The van der Waals surface area contributed by atoms with Gasteiger partial charge < -0.3 is 25.4 Å². The van der Waals surface area contributed by atoms with Crippen LogP contribution in [0.3, 0.4) is 0 Å². The minimum Gasteiger partial charge on any atom is -0.493 e. The molecule has 0 atom stereocenters. The van der Waals surface area contributed by atoms with Gasteiger partial charge in [-0.15, -0.1) is 0 Å². The molecule has 0 saturated carbocycles. The van der Waals surface area contributed by atoms with Crippen molar-refractivity contribution >= 4 is 11.6 Å². The van der Waals surface area contributed by atoms with E-state index in [-0.39, 0.29) is 0 Å². The van der Waals surface area contributed by atoms with Gasteiger partial charge in [-0.05, 0) is 51.0 Å². The van der Waals surface area contributed by atoms with E-state index in [1.54, 1.807) is 14.2 Å². The summed E-state index contributed by atoms with van der Waals surface area (Å²) in [5, 5.41) is 3.09. The van der Waals surface area contributed by atoms with Gasteiger partial charge in [0.25, 0.3) is 0 Å². The molecule has 1 aromatic rings. The average molecular weight is 334 g/mol. The summed E-state index contributed by atoms with van der Waals surface area (Å²) in [5.41, 5.74) is 6.80. The number of likely N-dealkylation sites (tertiary alicyclic amines) is 1. The molecule has 1 aliphatic heterocycles. The molecule has 2 rings (SSSR count). The van der Waals surface area contributed by atoms with Gasteiger partial charge >= 0.3 is 0 Å².